The third kappa shape index (κ3) is 23.1. The molecule has 0 aliphatic heterocycles. The van der Waals surface area contributed by atoms with Crippen LogP contribution in [0.15, 0.2) is 358 Å². The van der Waals surface area contributed by atoms with E-state index in [1.807, 2.05) is 30.7 Å². The number of benzene rings is 15. The van der Waals surface area contributed by atoms with Gasteiger partial charge in [0.15, 0.2) is 0 Å². The molecule has 675 valence electrons. The Balaban J connectivity index is 0.000000195. The third-order valence-corrected chi connectivity index (χ3v) is 25.5. The molecule has 0 aliphatic carbocycles. The Morgan fingerprint density at radius 2 is 0.436 bits per heavy atom. The van der Waals surface area contributed by atoms with Gasteiger partial charge in [0.05, 0.1) is 0 Å². The van der Waals surface area contributed by atoms with E-state index in [0.717, 1.165) is 66.6 Å². The molecule has 18 rings (SSSR count). The quantitative estimate of drug-likeness (QED) is 0.114. The van der Waals surface area contributed by atoms with Crippen molar-refractivity contribution in [1.82, 2.24) is 15.0 Å². The maximum Gasteiger partial charge on any atom is 0.0167 e. The molecule has 0 unspecified atom stereocenters. The number of nitrogens with zero attached hydrogens (tertiary/aromatic N) is 3. The third-order valence-electron chi connectivity index (χ3n) is 25.5. The molecule has 133 heavy (non-hydrogen) atoms. The second-order valence-corrected chi connectivity index (χ2v) is 42.4. The van der Waals surface area contributed by atoms with Crippen molar-refractivity contribution in [3.8, 4) is 134 Å². The predicted octanol–water partition coefficient (Wildman–Crippen LogP) is 35.2. The van der Waals surface area contributed by atoms with Crippen LogP contribution >= 0.6 is 0 Å². The molecular weight excluding hydrogens is 2140 g/mol. The molecule has 18 aromatic rings. The molecule has 0 saturated heterocycles. The molecule has 0 fully saturated rings. The number of pyridine rings is 3. The van der Waals surface area contributed by atoms with Gasteiger partial charge in [0.1, 0.15) is 0 Å². The standard InChI is InChI=1S/C67H66N.C41H38N.C19H18N.3Ir/c1-64(2,3)56-27-19-44(20-28-56)50-38-51(45-21-29-57(30-22-45)65(4,5)6)41-54(40-50)48-15-13-16-49(37-48)63-62-18-14-17-60(61(62)35-36-68-63)55-42-52(46-23-31-58(32-24-46)66(7,8)9)39-53(43-55)47-25-33-59(34-26-47)67(10,11)12;1-40(2,3)36-18-14-28(15-19-36)33-25-34(29-16-20-37(21-17-29)41(4,5)6)27-35(26-33)31-11-9-12-32(24-31)39-38-13-8-7-10-30(38)22-23-42-39;1-19(2,3)16-10-8-15(9-11-16)18-17-7-5-4-6-14(17)12-13-20-18;;;/h13-15,17-43H,1-12H3;7-11,13-27H,1-6H3;4-8,10-13H,1-3H3;;;/q3*-1;;;. The first-order valence-electron chi connectivity index (χ1n) is 46.0. The summed E-state index contributed by atoms with van der Waals surface area (Å²) in [6, 6.07) is 135. The summed E-state index contributed by atoms with van der Waals surface area (Å²) in [5, 5.41) is 6.97. The molecule has 6 heteroatoms. The van der Waals surface area contributed by atoms with Gasteiger partial charge in [-0.1, -0.05) is 358 Å². The van der Waals surface area contributed by atoms with Crippen LogP contribution in [0.25, 0.3) is 166 Å². The molecule has 3 heterocycles. The summed E-state index contributed by atoms with van der Waals surface area (Å²) in [5.74, 6) is 0. The van der Waals surface area contributed by atoms with Gasteiger partial charge in [-0.15, -0.1) is 106 Å². The van der Waals surface area contributed by atoms with E-state index in [0.29, 0.717) is 0 Å². The van der Waals surface area contributed by atoms with Gasteiger partial charge < -0.3 is 15.0 Å². The van der Waals surface area contributed by atoms with E-state index in [2.05, 4.69) is 496 Å². The number of aromatic nitrogens is 3. The summed E-state index contributed by atoms with van der Waals surface area (Å²) in [7, 11) is 0. The summed E-state index contributed by atoms with van der Waals surface area (Å²) in [6.07, 6.45) is 5.71. The Hall–Kier alpha value is -11.5. The summed E-state index contributed by atoms with van der Waals surface area (Å²) in [4.78, 5) is 14.4. The molecule has 3 nitrogen and oxygen atoms in total. The Morgan fingerprint density at radius 1 is 0.180 bits per heavy atom. The minimum Gasteiger partial charge on any atom is -0.304 e. The Bertz CT molecular complexity index is 6860. The number of hydrogen-bond acceptors (Lipinski definition) is 3. The minimum absolute atomic E-state index is 0. The monoisotopic (exact) mass is 2270 g/mol. The summed E-state index contributed by atoms with van der Waals surface area (Å²) >= 11 is 0. The maximum atomic E-state index is 5.09. The van der Waals surface area contributed by atoms with E-state index in [-0.39, 0.29) is 98.2 Å². The van der Waals surface area contributed by atoms with Gasteiger partial charge in [0.25, 0.3) is 0 Å². The normalized spacial score (nSPS) is 11.9. The molecule has 3 radical (unpaired) electrons. The number of hydrogen-bond donors (Lipinski definition) is 0. The molecule has 0 spiro atoms. The Labute approximate surface area is 833 Å². The van der Waals surface area contributed by atoms with Crippen molar-refractivity contribution in [1.29, 1.82) is 0 Å². The minimum atomic E-state index is 0. The smallest absolute Gasteiger partial charge is 0.0167 e. The fourth-order valence-corrected chi connectivity index (χ4v) is 17.3. The van der Waals surface area contributed by atoms with E-state index in [4.69, 9.17) is 9.97 Å². The van der Waals surface area contributed by atoms with Crippen LogP contribution in [-0.4, -0.2) is 15.0 Å². The van der Waals surface area contributed by atoms with Gasteiger partial charge in [-0.3, -0.25) is 0 Å². The molecule has 0 N–H and O–H groups in total. The predicted molar refractivity (Wildman–Crippen MR) is 558 cm³/mol. The van der Waals surface area contributed by atoms with Gasteiger partial charge >= 0.3 is 0 Å². The van der Waals surface area contributed by atoms with Crippen molar-refractivity contribution >= 4 is 32.3 Å². The Morgan fingerprint density at radius 3 is 0.729 bits per heavy atom. The largest absolute Gasteiger partial charge is 0.304 e. The zero-order chi connectivity index (χ0) is 91.8. The maximum absolute atomic E-state index is 5.09. The van der Waals surface area contributed by atoms with Gasteiger partial charge in [0, 0.05) is 78.9 Å². The van der Waals surface area contributed by atoms with Gasteiger partial charge in [-0.25, -0.2) is 0 Å². The molecule has 0 aliphatic rings. The zero-order valence-corrected chi connectivity index (χ0v) is 88.1. The first-order chi connectivity index (χ1) is 61.8. The van der Waals surface area contributed by atoms with Crippen LogP contribution in [-0.2, 0) is 98.2 Å². The van der Waals surface area contributed by atoms with Crippen LogP contribution in [0.4, 0.5) is 0 Å². The average molecular weight is 2270 g/mol. The summed E-state index contributed by atoms with van der Waals surface area (Å²) in [5.41, 5.74) is 37.3. The average Bonchev–Trinajstić information content (AvgIpc) is 0.758. The van der Waals surface area contributed by atoms with Crippen LogP contribution in [0.5, 0.6) is 0 Å². The van der Waals surface area contributed by atoms with Crippen molar-refractivity contribution < 1.29 is 60.3 Å². The topological polar surface area (TPSA) is 38.7 Å². The van der Waals surface area contributed by atoms with Crippen LogP contribution < -0.4 is 0 Å². The number of fused-ring (bicyclic) bond motifs is 3. The van der Waals surface area contributed by atoms with Crippen LogP contribution in [0, 0.1) is 18.2 Å². The van der Waals surface area contributed by atoms with Crippen molar-refractivity contribution in [2.75, 3.05) is 0 Å². The second-order valence-electron chi connectivity index (χ2n) is 42.4. The van der Waals surface area contributed by atoms with Gasteiger partial charge in [-0.05, 0) is 282 Å². The fourth-order valence-electron chi connectivity index (χ4n) is 17.3. The molecule has 0 atom stereocenters. The molecule has 3 aromatic heterocycles. The van der Waals surface area contributed by atoms with Crippen molar-refractivity contribution in [3.63, 3.8) is 0 Å². The fraction of sp³-hybridized carbons (Fsp3) is 0.220. The van der Waals surface area contributed by atoms with E-state index in [9.17, 15) is 0 Å². The Kier molecular flexibility index (Phi) is 30.0. The van der Waals surface area contributed by atoms with E-state index < -0.39 is 0 Å². The van der Waals surface area contributed by atoms with Crippen LogP contribution in [0.3, 0.4) is 0 Å². The van der Waals surface area contributed by atoms with Crippen molar-refractivity contribution in [2.24, 2.45) is 0 Å². The second kappa shape index (κ2) is 40.3. The van der Waals surface area contributed by atoms with E-state index >= 15 is 0 Å². The summed E-state index contributed by atoms with van der Waals surface area (Å²) in [6.45, 7) is 47.5. The SMILES string of the molecule is CC(C)(C)c1c[c-]c(-c2nccc3ccccc23)cc1.CC(C)(C)c1ccc(-c2cc(-c3ccc(C(C)(C)C)cc3)cc(-c3cc[c-]c(-c4nccc5c(-c6cc(-c7ccc(C(C)(C)C)cc7)cc(-c7ccc(C(C)(C)C)cc7)c6)cccc45)c3)c2)cc1.CC(C)(C)c1ccc(-c2cc(-c3ccc(C(C)(C)C)cc3)cc(-c3cc[c-]c(-c4nccc5ccccc45)c3)c2)cc1.[Ir].[Ir].[Ir]. The number of rotatable bonds is 12. The molecular formula is C127H122Ir3N3-3. The van der Waals surface area contributed by atoms with Crippen molar-refractivity contribution in [2.45, 2.75) is 183 Å². The first kappa shape index (κ1) is 99.0. The van der Waals surface area contributed by atoms with E-state index in [1.165, 1.54) is 139 Å². The molecule has 0 saturated carbocycles. The van der Waals surface area contributed by atoms with Crippen LogP contribution in [0.1, 0.15) is 184 Å². The summed E-state index contributed by atoms with van der Waals surface area (Å²) < 4.78 is 0. The van der Waals surface area contributed by atoms with Gasteiger partial charge in [-0.2, -0.15) is 0 Å². The molecule has 15 aromatic carbocycles. The first-order valence-corrected chi connectivity index (χ1v) is 46.0. The molecule has 0 amide bonds. The van der Waals surface area contributed by atoms with Gasteiger partial charge in [0.2, 0.25) is 0 Å². The van der Waals surface area contributed by atoms with Crippen molar-refractivity contribution in [3.05, 3.63) is 415 Å². The van der Waals surface area contributed by atoms with Crippen LogP contribution in [0.2, 0.25) is 0 Å². The zero-order valence-electron chi connectivity index (χ0n) is 80.9. The molecule has 0 bridgehead atoms. The van der Waals surface area contributed by atoms with E-state index in [1.54, 1.807) is 0 Å².